The normalized spacial score (nSPS) is 20.3. The lowest BCUT2D eigenvalue weighted by Gasteiger charge is -2.23. The molecule has 1 saturated heterocycles. The van der Waals surface area contributed by atoms with Crippen molar-refractivity contribution in [3.63, 3.8) is 0 Å². The Morgan fingerprint density at radius 1 is 1.41 bits per heavy atom. The third-order valence-corrected chi connectivity index (χ3v) is 4.05. The van der Waals surface area contributed by atoms with Gasteiger partial charge in [0, 0.05) is 18.6 Å². The molecule has 0 radical (unpaired) electrons. The maximum absolute atomic E-state index is 3.66. The second-order valence-electron chi connectivity index (χ2n) is 5.10. The van der Waals surface area contributed by atoms with Crippen molar-refractivity contribution in [2.24, 2.45) is 5.92 Å². The van der Waals surface area contributed by atoms with Crippen LogP contribution in [-0.4, -0.2) is 27.2 Å². The monoisotopic (exact) mass is 296 g/mol. The van der Waals surface area contributed by atoms with E-state index in [-0.39, 0.29) is 0 Å². The molecule has 1 unspecified atom stereocenters. The second-order valence-corrected chi connectivity index (χ2v) is 5.95. The first-order valence-electron chi connectivity index (χ1n) is 6.33. The molecule has 1 aliphatic heterocycles. The molecule has 1 N–H and O–H groups in total. The average Bonchev–Trinajstić information content (AvgIpc) is 2.30. The molecule has 1 fully saturated rings. The highest BCUT2D eigenvalue weighted by Crippen LogP contribution is 2.27. The van der Waals surface area contributed by atoms with E-state index in [1.54, 1.807) is 0 Å². The molecule has 3 heteroatoms. The molecule has 17 heavy (non-hydrogen) atoms. The lowest BCUT2D eigenvalue weighted by Crippen LogP contribution is -2.30. The Bertz CT molecular complexity index is 370. The van der Waals surface area contributed by atoms with E-state index in [9.17, 15) is 0 Å². The van der Waals surface area contributed by atoms with Crippen molar-refractivity contribution in [1.82, 2.24) is 5.32 Å². The van der Waals surface area contributed by atoms with Crippen molar-refractivity contribution in [1.29, 1.82) is 0 Å². The van der Waals surface area contributed by atoms with Crippen LogP contribution in [0.15, 0.2) is 22.7 Å². The molecule has 0 spiro atoms. The van der Waals surface area contributed by atoms with Crippen LogP contribution in [0.4, 0.5) is 5.69 Å². The van der Waals surface area contributed by atoms with E-state index in [0.717, 1.165) is 5.92 Å². The summed E-state index contributed by atoms with van der Waals surface area (Å²) in [4.78, 5) is 2.13. The minimum absolute atomic E-state index is 0.806. The fourth-order valence-corrected chi connectivity index (χ4v) is 3.25. The minimum atomic E-state index is 0.806. The van der Waals surface area contributed by atoms with Crippen LogP contribution < -0.4 is 10.2 Å². The summed E-state index contributed by atoms with van der Waals surface area (Å²) in [5.74, 6) is 0.806. The van der Waals surface area contributed by atoms with Gasteiger partial charge in [0.25, 0.3) is 0 Å². The molecule has 1 atom stereocenters. The van der Waals surface area contributed by atoms with E-state index in [0.29, 0.717) is 0 Å². The molecule has 2 nitrogen and oxygen atoms in total. The van der Waals surface area contributed by atoms with E-state index in [4.69, 9.17) is 0 Å². The van der Waals surface area contributed by atoms with Crippen molar-refractivity contribution in [2.75, 3.05) is 32.1 Å². The van der Waals surface area contributed by atoms with Gasteiger partial charge in [-0.1, -0.05) is 6.07 Å². The highest BCUT2D eigenvalue weighted by atomic mass is 79.9. The number of nitrogens with zero attached hydrogens (tertiary/aromatic N) is 1. The van der Waals surface area contributed by atoms with Crippen LogP contribution in [0.5, 0.6) is 0 Å². The standard InChI is InChI=1S/C14H21BrN2/c1-17(2)14-6-5-11(9-13(14)15)8-12-4-3-7-16-10-12/h5-6,9,12,16H,3-4,7-8,10H2,1-2H3. The molecule has 1 aliphatic rings. The Labute approximate surface area is 113 Å². The summed E-state index contributed by atoms with van der Waals surface area (Å²) in [7, 11) is 4.15. The van der Waals surface area contributed by atoms with Crippen molar-refractivity contribution >= 4 is 21.6 Å². The third-order valence-electron chi connectivity index (χ3n) is 3.42. The molecule has 0 aromatic heterocycles. The Kier molecular flexibility index (Phi) is 4.46. The SMILES string of the molecule is CN(C)c1ccc(CC2CCCNC2)cc1Br. The number of piperidine rings is 1. The number of benzene rings is 1. The van der Waals surface area contributed by atoms with E-state index in [2.05, 4.69) is 58.4 Å². The van der Waals surface area contributed by atoms with Gasteiger partial charge in [-0.3, -0.25) is 0 Å². The highest BCUT2D eigenvalue weighted by molar-refractivity contribution is 9.10. The van der Waals surface area contributed by atoms with E-state index in [1.807, 2.05) is 0 Å². The van der Waals surface area contributed by atoms with Gasteiger partial charge in [0.05, 0.1) is 5.69 Å². The van der Waals surface area contributed by atoms with Crippen LogP contribution >= 0.6 is 15.9 Å². The van der Waals surface area contributed by atoms with Gasteiger partial charge in [0.15, 0.2) is 0 Å². The van der Waals surface area contributed by atoms with Crippen molar-refractivity contribution < 1.29 is 0 Å². The van der Waals surface area contributed by atoms with Crippen LogP contribution in [0.25, 0.3) is 0 Å². The molecule has 0 amide bonds. The zero-order valence-corrected chi connectivity index (χ0v) is 12.3. The van der Waals surface area contributed by atoms with Gasteiger partial charge in [-0.2, -0.15) is 0 Å². The van der Waals surface area contributed by atoms with Crippen LogP contribution in [0, 0.1) is 5.92 Å². The van der Waals surface area contributed by atoms with Crippen LogP contribution in [0.3, 0.4) is 0 Å². The maximum Gasteiger partial charge on any atom is 0.0505 e. The Morgan fingerprint density at radius 2 is 2.24 bits per heavy atom. The molecular weight excluding hydrogens is 276 g/mol. The molecule has 1 heterocycles. The smallest absolute Gasteiger partial charge is 0.0505 e. The van der Waals surface area contributed by atoms with Gasteiger partial charge in [-0.25, -0.2) is 0 Å². The van der Waals surface area contributed by atoms with Crippen molar-refractivity contribution in [3.8, 4) is 0 Å². The molecule has 0 bridgehead atoms. The van der Waals surface area contributed by atoms with Gasteiger partial charge in [0.1, 0.15) is 0 Å². The summed E-state index contributed by atoms with van der Waals surface area (Å²) in [5.41, 5.74) is 2.69. The third kappa shape index (κ3) is 3.46. The fourth-order valence-electron chi connectivity index (χ4n) is 2.47. The summed E-state index contributed by atoms with van der Waals surface area (Å²) in [5, 5.41) is 3.48. The summed E-state index contributed by atoms with van der Waals surface area (Å²) in [6.45, 7) is 2.37. The summed E-state index contributed by atoms with van der Waals surface area (Å²) >= 11 is 3.66. The molecule has 1 aromatic rings. The lowest BCUT2D eigenvalue weighted by molar-refractivity contribution is 0.376. The molecule has 0 saturated carbocycles. The molecule has 94 valence electrons. The molecular formula is C14H21BrN2. The van der Waals surface area contributed by atoms with Crippen LogP contribution in [0.2, 0.25) is 0 Å². The van der Waals surface area contributed by atoms with Crippen molar-refractivity contribution in [3.05, 3.63) is 28.2 Å². The highest BCUT2D eigenvalue weighted by Gasteiger charge is 2.14. The zero-order chi connectivity index (χ0) is 12.3. The van der Waals surface area contributed by atoms with Gasteiger partial charge in [-0.05, 0) is 71.9 Å². The maximum atomic E-state index is 3.66. The number of nitrogens with one attached hydrogen (secondary N) is 1. The first-order valence-corrected chi connectivity index (χ1v) is 7.12. The fraction of sp³-hybridized carbons (Fsp3) is 0.571. The minimum Gasteiger partial charge on any atom is -0.377 e. The first-order chi connectivity index (χ1) is 8.16. The molecule has 2 rings (SSSR count). The molecule has 0 aliphatic carbocycles. The average molecular weight is 297 g/mol. The van der Waals surface area contributed by atoms with Gasteiger partial charge in [-0.15, -0.1) is 0 Å². The number of halogens is 1. The first kappa shape index (κ1) is 12.9. The van der Waals surface area contributed by atoms with E-state index < -0.39 is 0 Å². The number of rotatable bonds is 3. The van der Waals surface area contributed by atoms with E-state index >= 15 is 0 Å². The number of anilines is 1. The quantitative estimate of drug-likeness (QED) is 0.922. The topological polar surface area (TPSA) is 15.3 Å². The van der Waals surface area contributed by atoms with Crippen LogP contribution in [0.1, 0.15) is 18.4 Å². The largest absolute Gasteiger partial charge is 0.377 e. The summed E-state index contributed by atoms with van der Waals surface area (Å²) < 4.78 is 1.20. The Balaban J connectivity index is 2.04. The predicted molar refractivity (Wildman–Crippen MR) is 77.8 cm³/mol. The molecule has 1 aromatic carbocycles. The van der Waals surface area contributed by atoms with Crippen LogP contribution in [-0.2, 0) is 6.42 Å². The lowest BCUT2D eigenvalue weighted by atomic mass is 9.92. The predicted octanol–water partition coefficient (Wildman–Crippen LogP) is 3.06. The summed E-state index contributed by atoms with van der Waals surface area (Å²) in [6, 6.07) is 6.73. The van der Waals surface area contributed by atoms with Gasteiger partial charge < -0.3 is 10.2 Å². The van der Waals surface area contributed by atoms with Gasteiger partial charge in [0.2, 0.25) is 0 Å². The van der Waals surface area contributed by atoms with Gasteiger partial charge >= 0.3 is 0 Å². The zero-order valence-electron chi connectivity index (χ0n) is 10.7. The number of hydrogen-bond acceptors (Lipinski definition) is 2. The van der Waals surface area contributed by atoms with Crippen molar-refractivity contribution in [2.45, 2.75) is 19.3 Å². The second kappa shape index (κ2) is 5.87. The van der Waals surface area contributed by atoms with E-state index in [1.165, 1.54) is 48.1 Å². The summed E-state index contributed by atoms with van der Waals surface area (Å²) in [6.07, 6.45) is 3.88. The Morgan fingerprint density at radius 3 is 2.82 bits per heavy atom. The Hall–Kier alpha value is -0.540. The number of hydrogen-bond donors (Lipinski definition) is 1.